The number of hydrogen-bond acceptors (Lipinski definition) is 3. The number of anilines is 1. The maximum Gasteiger partial charge on any atom is 0.132 e. The zero-order valence-electron chi connectivity index (χ0n) is 9.06. The molecule has 2 aromatic rings. The number of rotatable bonds is 3. The number of nitrogens with two attached hydrogens (primary N) is 1. The quantitative estimate of drug-likeness (QED) is 0.801. The number of aliphatic hydroxyl groups excluding tert-OH is 1. The lowest BCUT2D eigenvalue weighted by Crippen LogP contribution is -1.90. The molecule has 0 amide bonds. The molecule has 0 aliphatic heterocycles. The molecule has 0 unspecified atom stereocenters. The molecule has 0 aromatic heterocycles. The van der Waals surface area contributed by atoms with Crippen molar-refractivity contribution in [1.82, 2.24) is 0 Å². The summed E-state index contributed by atoms with van der Waals surface area (Å²) in [6, 6.07) is 10.9. The van der Waals surface area contributed by atoms with Crippen molar-refractivity contribution in [2.75, 3.05) is 5.73 Å². The van der Waals surface area contributed by atoms with Crippen LogP contribution in [-0.4, -0.2) is 5.11 Å². The molecule has 0 saturated carbocycles. The van der Waals surface area contributed by atoms with E-state index in [2.05, 4.69) is 0 Å². The molecular weight excluding hydrogens is 221 g/mol. The summed E-state index contributed by atoms with van der Waals surface area (Å²) in [5.74, 6) is 0.471. The van der Waals surface area contributed by atoms with E-state index < -0.39 is 5.82 Å². The van der Waals surface area contributed by atoms with Gasteiger partial charge in [-0.05, 0) is 23.8 Å². The Balaban J connectivity index is 2.19. The summed E-state index contributed by atoms with van der Waals surface area (Å²) < 4.78 is 18.5. The van der Waals surface area contributed by atoms with Gasteiger partial charge in [-0.1, -0.05) is 12.1 Å². The highest BCUT2D eigenvalue weighted by atomic mass is 19.1. The van der Waals surface area contributed by atoms with Gasteiger partial charge in [-0.15, -0.1) is 0 Å². The molecule has 2 rings (SSSR count). The SMILES string of the molecule is Nc1cc(F)cc(Oc2ccc(CO)cc2)c1. The van der Waals surface area contributed by atoms with E-state index in [-0.39, 0.29) is 6.61 Å². The van der Waals surface area contributed by atoms with Crippen LogP contribution in [0.25, 0.3) is 0 Å². The molecule has 88 valence electrons. The first-order valence-corrected chi connectivity index (χ1v) is 5.11. The van der Waals surface area contributed by atoms with Gasteiger partial charge in [0.2, 0.25) is 0 Å². The molecule has 0 atom stereocenters. The van der Waals surface area contributed by atoms with Crippen LogP contribution in [0.2, 0.25) is 0 Å². The zero-order valence-corrected chi connectivity index (χ0v) is 9.06. The van der Waals surface area contributed by atoms with Crippen LogP contribution in [0.3, 0.4) is 0 Å². The van der Waals surface area contributed by atoms with Crippen LogP contribution in [0.4, 0.5) is 10.1 Å². The van der Waals surface area contributed by atoms with Crippen molar-refractivity contribution in [3.63, 3.8) is 0 Å². The molecule has 17 heavy (non-hydrogen) atoms. The maximum atomic E-state index is 13.1. The van der Waals surface area contributed by atoms with Crippen LogP contribution in [0, 0.1) is 5.82 Å². The largest absolute Gasteiger partial charge is 0.457 e. The standard InChI is InChI=1S/C13H12FNO2/c14-10-5-11(15)7-13(6-10)17-12-3-1-9(8-16)2-4-12/h1-7,16H,8,15H2. The van der Waals surface area contributed by atoms with E-state index in [4.69, 9.17) is 15.6 Å². The number of aliphatic hydroxyl groups is 1. The first kappa shape index (κ1) is 11.4. The van der Waals surface area contributed by atoms with Gasteiger partial charge in [0.25, 0.3) is 0 Å². The molecule has 0 aliphatic carbocycles. The summed E-state index contributed by atoms with van der Waals surface area (Å²) >= 11 is 0. The Bertz CT molecular complexity index is 491. The Labute approximate surface area is 98.3 Å². The summed E-state index contributed by atoms with van der Waals surface area (Å²) in [5, 5.41) is 8.88. The molecule has 2 aromatic carbocycles. The fraction of sp³-hybridized carbons (Fsp3) is 0.0769. The molecule has 3 nitrogen and oxygen atoms in total. The highest BCUT2D eigenvalue weighted by Gasteiger charge is 2.01. The highest BCUT2D eigenvalue weighted by molar-refractivity contribution is 5.46. The molecule has 0 spiro atoms. The summed E-state index contributed by atoms with van der Waals surface area (Å²) in [7, 11) is 0. The Morgan fingerprint density at radius 3 is 2.35 bits per heavy atom. The predicted molar refractivity (Wildman–Crippen MR) is 63.3 cm³/mol. The third kappa shape index (κ3) is 2.95. The van der Waals surface area contributed by atoms with Crippen molar-refractivity contribution in [3.05, 3.63) is 53.8 Å². The Morgan fingerprint density at radius 1 is 1.06 bits per heavy atom. The van der Waals surface area contributed by atoms with E-state index in [9.17, 15) is 4.39 Å². The van der Waals surface area contributed by atoms with Gasteiger partial charge in [0, 0.05) is 17.8 Å². The van der Waals surface area contributed by atoms with E-state index in [1.165, 1.54) is 12.1 Å². The zero-order chi connectivity index (χ0) is 12.3. The summed E-state index contributed by atoms with van der Waals surface area (Å²) in [6.45, 7) is -0.0206. The second-order valence-corrected chi connectivity index (χ2v) is 3.62. The highest BCUT2D eigenvalue weighted by Crippen LogP contribution is 2.24. The Kier molecular flexibility index (Phi) is 3.25. The number of nitrogen functional groups attached to an aromatic ring is 1. The van der Waals surface area contributed by atoms with Gasteiger partial charge in [0.1, 0.15) is 17.3 Å². The fourth-order valence-electron chi connectivity index (χ4n) is 1.44. The van der Waals surface area contributed by atoms with Gasteiger partial charge in [-0.25, -0.2) is 4.39 Å². The van der Waals surface area contributed by atoms with Crippen LogP contribution in [-0.2, 0) is 6.61 Å². The van der Waals surface area contributed by atoms with Crippen LogP contribution >= 0.6 is 0 Å². The smallest absolute Gasteiger partial charge is 0.132 e. The van der Waals surface area contributed by atoms with E-state index >= 15 is 0 Å². The van der Waals surface area contributed by atoms with Crippen LogP contribution in [0.1, 0.15) is 5.56 Å². The van der Waals surface area contributed by atoms with Gasteiger partial charge in [0.05, 0.1) is 6.61 Å². The van der Waals surface area contributed by atoms with Crippen molar-refractivity contribution in [1.29, 1.82) is 0 Å². The third-order valence-electron chi connectivity index (χ3n) is 2.24. The molecule has 0 saturated heterocycles. The van der Waals surface area contributed by atoms with Crippen molar-refractivity contribution >= 4 is 5.69 Å². The van der Waals surface area contributed by atoms with Gasteiger partial charge in [0.15, 0.2) is 0 Å². The van der Waals surface area contributed by atoms with E-state index in [0.29, 0.717) is 17.2 Å². The first-order chi connectivity index (χ1) is 8.17. The average molecular weight is 233 g/mol. The Hall–Kier alpha value is -2.07. The van der Waals surface area contributed by atoms with Crippen LogP contribution in [0.5, 0.6) is 11.5 Å². The maximum absolute atomic E-state index is 13.1. The monoisotopic (exact) mass is 233 g/mol. The molecule has 3 N–H and O–H groups in total. The second kappa shape index (κ2) is 4.84. The van der Waals surface area contributed by atoms with Gasteiger partial charge in [-0.2, -0.15) is 0 Å². The lowest BCUT2D eigenvalue weighted by molar-refractivity contribution is 0.281. The lowest BCUT2D eigenvalue weighted by Gasteiger charge is -2.07. The van der Waals surface area contributed by atoms with Crippen molar-refractivity contribution < 1.29 is 14.2 Å². The fourth-order valence-corrected chi connectivity index (χ4v) is 1.44. The second-order valence-electron chi connectivity index (χ2n) is 3.62. The van der Waals surface area contributed by atoms with E-state index in [1.807, 2.05) is 0 Å². The number of ether oxygens (including phenoxy) is 1. The Morgan fingerprint density at radius 2 is 1.76 bits per heavy atom. The molecule has 0 bridgehead atoms. The molecular formula is C13H12FNO2. The van der Waals surface area contributed by atoms with E-state index in [0.717, 1.165) is 5.56 Å². The summed E-state index contributed by atoms with van der Waals surface area (Å²) in [5.41, 5.74) is 6.61. The van der Waals surface area contributed by atoms with Crippen molar-refractivity contribution in [2.24, 2.45) is 0 Å². The third-order valence-corrected chi connectivity index (χ3v) is 2.24. The number of hydrogen-bond donors (Lipinski definition) is 2. The van der Waals surface area contributed by atoms with Gasteiger partial charge >= 0.3 is 0 Å². The number of benzene rings is 2. The van der Waals surface area contributed by atoms with Gasteiger partial charge in [-0.3, -0.25) is 0 Å². The average Bonchev–Trinajstić information content (AvgIpc) is 2.28. The molecule has 4 heteroatoms. The number of halogens is 1. The minimum absolute atomic E-state index is 0.0206. The molecule has 0 heterocycles. The van der Waals surface area contributed by atoms with Crippen LogP contribution in [0.15, 0.2) is 42.5 Å². The minimum atomic E-state index is -0.438. The van der Waals surface area contributed by atoms with Crippen LogP contribution < -0.4 is 10.5 Å². The van der Waals surface area contributed by atoms with E-state index in [1.54, 1.807) is 30.3 Å². The molecule has 0 aliphatic rings. The summed E-state index contributed by atoms with van der Waals surface area (Å²) in [6.07, 6.45) is 0. The van der Waals surface area contributed by atoms with Crippen molar-refractivity contribution in [2.45, 2.75) is 6.61 Å². The normalized spacial score (nSPS) is 10.2. The lowest BCUT2D eigenvalue weighted by atomic mass is 10.2. The molecule has 0 fully saturated rings. The van der Waals surface area contributed by atoms with Crippen molar-refractivity contribution in [3.8, 4) is 11.5 Å². The summed E-state index contributed by atoms with van der Waals surface area (Å²) in [4.78, 5) is 0. The minimum Gasteiger partial charge on any atom is -0.457 e. The topological polar surface area (TPSA) is 55.5 Å². The van der Waals surface area contributed by atoms with Gasteiger partial charge < -0.3 is 15.6 Å². The predicted octanol–water partition coefficient (Wildman–Crippen LogP) is 2.69. The first-order valence-electron chi connectivity index (χ1n) is 5.11. The molecule has 0 radical (unpaired) electrons.